The van der Waals surface area contributed by atoms with Crippen molar-refractivity contribution in [2.75, 3.05) is 6.61 Å². The van der Waals surface area contributed by atoms with E-state index in [9.17, 15) is 9.59 Å². The largest absolute Gasteiger partial charge is 0.463 e. The van der Waals surface area contributed by atoms with Gasteiger partial charge in [0.1, 0.15) is 5.69 Å². The highest BCUT2D eigenvalue weighted by molar-refractivity contribution is 7.07. The number of ether oxygens (including phenoxy) is 1. The van der Waals surface area contributed by atoms with Crippen molar-refractivity contribution in [3.05, 3.63) is 144 Å². The van der Waals surface area contributed by atoms with Gasteiger partial charge in [-0.1, -0.05) is 95.8 Å². The van der Waals surface area contributed by atoms with Gasteiger partial charge in [0.15, 0.2) is 4.80 Å². The maximum atomic E-state index is 14.1. The maximum Gasteiger partial charge on any atom is 0.338 e. The van der Waals surface area contributed by atoms with E-state index in [0.717, 1.165) is 22.4 Å². The first-order valence-corrected chi connectivity index (χ1v) is 15.0. The van der Waals surface area contributed by atoms with E-state index in [1.807, 2.05) is 109 Å². The molecule has 0 amide bonds. The standard InChI is InChI=1S/C34H27ClN4O3S/c1-3-42-33(41)30-22(2)36-34-39(28(30)19-14-23-10-6-4-7-11-23)32(40)29(43-34)20-25-21-38(27-12-8-5-9-13-27)37-31(25)24-15-17-26(35)18-16-24/h4-21,28H,3H2,1-2H3/b19-14+,29-20-. The molecule has 0 saturated heterocycles. The first kappa shape index (κ1) is 28.3. The molecule has 5 aromatic rings. The highest BCUT2D eigenvalue weighted by atomic mass is 35.5. The van der Waals surface area contributed by atoms with Gasteiger partial charge in [0.05, 0.1) is 34.1 Å². The predicted molar refractivity (Wildman–Crippen MR) is 171 cm³/mol. The molecule has 9 heteroatoms. The van der Waals surface area contributed by atoms with Gasteiger partial charge < -0.3 is 4.74 Å². The zero-order chi connectivity index (χ0) is 29.9. The van der Waals surface area contributed by atoms with Crippen LogP contribution in [0.3, 0.4) is 0 Å². The Bertz CT molecular complexity index is 2040. The van der Waals surface area contributed by atoms with Gasteiger partial charge in [-0.15, -0.1) is 0 Å². The average molecular weight is 607 g/mol. The Morgan fingerprint density at radius 3 is 2.42 bits per heavy atom. The van der Waals surface area contributed by atoms with Crippen molar-refractivity contribution in [2.24, 2.45) is 4.99 Å². The lowest BCUT2D eigenvalue weighted by molar-refractivity contribution is -0.139. The Morgan fingerprint density at radius 2 is 1.72 bits per heavy atom. The number of fused-ring (bicyclic) bond motifs is 1. The van der Waals surface area contributed by atoms with E-state index in [-0.39, 0.29) is 12.2 Å². The lowest BCUT2D eigenvalue weighted by atomic mass is 10.0. The van der Waals surface area contributed by atoms with Crippen molar-refractivity contribution in [2.45, 2.75) is 19.9 Å². The molecule has 0 bridgehead atoms. The highest BCUT2D eigenvalue weighted by Gasteiger charge is 2.30. The van der Waals surface area contributed by atoms with Crippen molar-refractivity contribution in [1.82, 2.24) is 14.3 Å². The number of aromatic nitrogens is 3. The second-order valence-electron chi connectivity index (χ2n) is 9.83. The first-order chi connectivity index (χ1) is 20.9. The van der Waals surface area contributed by atoms with Crippen LogP contribution in [0, 0.1) is 0 Å². The first-order valence-electron chi connectivity index (χ1n) is 13.8. The van der Waals surface area contributed by atoms with Crippen LogP contribution in [0.4, 0.5) is 0 Å². The summed E-state index contributed by atoms with van der Waals surface area (Å²) in [4.78, 5) is 32.3. The molecule has 43 heavy (non-hydrogen) atoms. The van der Waals surface area contributed by atoms with Crippen LogP contribution in [0.2, 0.25) is 5.02 Å². The molecular formula is C34H27ClN4O3S. The molecule has 0 radical (unpaired) electrons. The third kappa shape index (κ3) is 5.80. The molecule has 0 saturated carbocycles. The average Bonchev–Trinajstić information content (AvgIpc) is 3.57. The van der Waals surface area contributed by atoms with Crippen LogP contribution in [-0.2, 0) is 9.53 Å². The lowest BCUT2D eigenvalue weighted by Gasteiger charge is -2.21. The minimum atomic E-state index is -0.680. The number of thiazole rings is 1. The smallest absolute Gasteiger partial charge is 0.338 e. The molecule has 6 rings (SSSR count). The van der Waals surface area contributed by atoms with E-state index >= 15 is 0 Å². The summed E-state index contributed by atoms with van der Waals surface area (Å²) in [5, 5.41) is 5.49. The number of para-hydroxylation sites is 1. The molecule has 7 nitrogen and oxygen atoms in total. The van der Waals surface area contributed by atoms with Gasteiger partial charge in [-0.3, -0.25) is 9.36 Å². The van der Waals surface area contributed by atoms with Crippen LogP contribution in [0.1, 0.15) is 31.0 Å². The number of carbonyl (C=O) groups excluding carboxylic acids is 1. The summed E-state index contributed by atoms with van der Waals surface area (Å²) < 4.78 is 9.21. The molecule has 3 heterocycles. The molecule has 2 aromatic heterocycles. The van der Waals surface area contributed by atoms with Crippen LogP contribution in [0.15, 0.2) is 118 Å². The second kappa shape index (κ2) is 12.2. The Hall–Kier alpha value is -4.79. The van der Waals surface area contributed by atoms with Gasteiger partial charge in [0.2, 0.25) is 0 Å². The van der Waals surface area contributed by atoms with Gasteiger partial charge in [-0.25, -0.2) is 14.5 Å². The molecule has 0 fully saturated rings. The van der Waals surface area contributed by atoms with Crippen molar-refractivity contribution in [3.63, 3.8) is 0 Å². The molecule has 0 N–H and O–H groups in total. The Kier molecular flexibility index (Phi) is 8.05. The van der Waals surface area contributed by atoms with Crippen LogP contribution in [0.25, 0.3) is 29.1 Å². The number of carbonyl (C=O) groups is 1. The van der Waals surface area contributed by atoms with Gasteiger partial charge in [0.25, 0.3) is 5.56 Å². The van der Waals surface area contributed by atoms with Crippen molar-refractivity contribution >= 4 is 41.1 Å². The zero-order valence-electron chi connectivity index (χ0n) is 23.5. The fourth-order valence-corrected chi connectivity index (χ4v) is 6.13. The predicted octanol–water partition coefficient (Wildman–Crippen LogP) is 5.97. The summed E-state index contributed by atoms with van der Waals surface area (Å²) in [7, 11) is 0. The van der Waals surface area contributed by atoms with Crippen LogP contribution >= 0.6 is 22.9 Å². The van der Waals surface area contributed by atoms with E-state index in [4.69, 9.17) is 21.4 Å². The molecule has 1 atom stereocenters. The van der Waals surface area contributed by atoms with Crippen LogP contribution < -0.4 is 14.9 Å². The number of benzene rings is 3. The SMILES string of the molecule is CCOC(=O)C1=C(C)N=c2s/c(=C\c3cn(-c4ccccc4)nc3-c3ccc(Cl)cc3)c(=O)n2C1/C=C/c1ccccc1. The van der Waals surface area contributed by atoms with Gasteiger partial charge in [-0.2, -0.15) is 5.10 Å². The van der Waals surface area contributed by atoms with E-state index in [2.05, 4.69) is 4.99 Å². The van der Waals surface area contributed by atoms with Gasteiger partial charge >= 0.3 is 5.97 Å². The fourth-order valence-electron chi connectivity index (χ4n) is 4.96. The summed E-state index contributed by atoms with van der Waals surface area (Å²) in [6.45, 7) is 3.75. The Morgan fingerprint density at radius 1 is 1.02 bits per heavy atom. The van der Waals surface area contributed by atoms with Crippen molar-refractivity contribution in [1.29, 1.82) is 0 Å². The van der Waals surface area contributed by atoms with E-state index in [1.165, 1.54) is 11.3 Å². The van der Waals surface area contributed by atoms with E-state index in [1.54, 1.807) is 23.1 Å². The monoisotopic (exact) mass is 606 g/mol. The van der Waals surface area contributed by atoms with Crippen LogP contribution in [-0.4, -0.2) is 26.9 Å². The minimum Gasteiger partial charge on any atom is -0.463 e. The minimum absolute atomic E-state index is 0.216. The summed E-state index contributed by atoms with van der Waals surface area (Å²) in [6.07, 6.45) is 7.50. The molecule has 1 aliphatic rings. The number of halogens is 1. The van der Waals surface area contributed by atoms with Crippen molar-refractivity contribution < 1.29 is 9.53 Å². The molecule has 0 aliphatic carbocycles. The van der Waals surface area contributed by atoms with Gasteiger partial charge in [0, 0.05) is 22.3 Å². The second-order valence-corrected chi connectivity index (χ2v) is 11.3. The number of esters is 1. The lowest BCUT2D eigenvalue weighted by Crippen LogP contribution is -2.38. The Balaban J connectivity index is 1.52. The fraction of sp³-hybridized carbons (Fsp3) is 0.118. The normalized spacial score (nSPS) is 15.0. The quantitative estimate of drug-likeness (QED) is 0.214. The van der Waals surface area contributed by atoms with E-state index < -0.39 is 12.0 Å². The van der Waals surface area contributed by atoms with E-state index in [0.29, 0.717) is 31.3 Å². The maximum absolute atomic E-state index is 14.1. The number of rotatable bonds is 7. The third-order valence-electron chi connectivity index (χ3n) is 7.00. The number of hydrogen-bond acceptors (Lipinski definition) is 6. The van der Waals surface area contributed by atoms with Crippen molar-refractivity contribution in [3.8, 4) is 16.9 Å². The zero-order valence-corrected chi connectivity index (χ0v) is 25.0. The molecule has 3 aromatic carbocycles. The summed E-state index contributed by atoms with van der Waals surface area (Å²) in [6, 6.07) is 26.3. The summed E-state index contributed by atoms with van der Waals surface area (Å²) in [5.41, 5.74) is 4.77. The number of hydrogen-bond donors (Lipinski definition) is 0. The molecule has 1 aliphatic heterocycles. The Labute approximate surface area is 257 Å². The van der Waals surface area contributed by atoms with Gasteiger partial charge in [-0.05, 0) is 49.8 Å². The molecular weight excluding hydrogens is 580 g/mol. The number of allylic oxidation sites excluding steroid dienone is 2. The number of nitrogens with zero attached hydrogens (tertiary/aromatic N) is 4. The van der Waals surface area contributed by atoms with Crippen LogP contribution in [0.5, 0.6) is 0 Å². The molecule has 0 spiro atoms. The third-order valence-corrected chi connectivity index (χ3v) is 8.23. The molecule has 214 valence electrons. The highest BCUT2D eigenvalue weighted by Crippen LogP contribution is 2.28. The molecule has 1 unspecified atom stereocenters. The summed E-state index contributed by atoms with van der Waals surface area (Å²) >= 11 is 7.44. The summed E-state index contributed by atoms with van der Waals surface area (Å²) in [5.74, 6) is -0.491. The topological polar surface area (TPSA) is 78.5 Å².